The second-order valence-electron chi connectivity index (χ2n) is 6.46. The van der Waals surface area contributed by atoms with Crippen LogP contribution in [0.4, 0.5) is 0 Å². The first-order valence-electron chi connectivity index (χ1n) is 8.11. The zero-order valence-corrected chi connectivity index (χ0v) is 13.6. The summed E-state index contributed by atoms with van der Waals surface area (Å²) in [6, 6.07) is 10.4. The third kappa shape index (κ3) is 2.52. The number of carbonyl (C=O) groups is 1. The molecule has 126 valence electrons. The van der Waals surface area contributed by atoms with E-state index in [1.54, 1.807) is 12.0 Å². The topological polar surface area (TPSA) is 64.8 Å². The van der Waals surface area contributed by atoms with E-state index in [1.165, 1.54) is 18.2 Å². The Labute approximate surface area is 140 Å². The van der Waals surface area contributed by atoms with Crippen molar-refractivity contribution in [2.75, 3.05) is 26.8 Å². The van der Waals surface area contributed by atoms with Gasteiger partial charge in [0.2, 0.25) is 5.76 Å². The maximum absolute atomic E-state index is 12.5. The third-order valence-corrected chi connectivity index (χ3v) is 5.08. The normalized spacial score (nSPS) is 29.5. The van der Waals surface area contributed by atoms with Crippen LogP contribution in [-0.2, 0) is 9.47 Å². The molecular weight excluding hydrogens is 308 g/mol. The molecule has 1 aromatic carbocycles. The summed E-state index contributed by atoms with van der Waals surface area (Å²) < 4.78 is 17.0. The van der Waals surface area contributed by atoms with Gasteiger partial charge in [0.15, 0.2) is 6.39 Å². The minimum Gasteiger partial charge on any atom is -0.438 e. The van der Waals surface area contributed by atoms with Crippen LogP contribution in [0.3, 0.4) is 0 Å². The molecule has 0 radical (unpaired) electrons. The maximum Gasteiger partial charge on any atom is 0.291 e. The Morgan fingerprint density at radius 3 is 2.92 bits per heavy atom. The number of benzene rings is 1. The van der Waals surface area contributed by atoms with Crippen molar-refractivity contribution in [3.8, 4) is 0 Å². The molecule has 2 aliphatic heterocycles. The molecule has 1 amide bonds. The average Bonchev–Trinajstić information content (AvgIpc) is 3.36. The van der Waals surface area contributed by atoms with Crippen molar-refractivity contribution >= 4 is 5.91 Å². The highest BCUT2D eigenvalue weighted by atomic mass is 16.6. The van der Waals surface area contributed by atoms with E-state index in [2.05, 4.69) is 17.1 Å². The monoisotopic (exact) mass is 328 g/mol. The molecule has 24 heavy (non-hydrogen) atoms. The molecule has 3 heterocycles. The first kappa shape index (κ1) is 15.4. The lowest BCUT2D eigenvalue weighted by Crippen LogP contribution is -2.42. The van der Waals surface area contributed by atoms with Crippen molar-refractivity contribution in [3.63, 3.8) is 0 Å². The van der Waals surface area contributed by atoms with E-state index in [4.69, 9.17) is 13.9 Å². The summed E-state index contributed by atoms with van der Waals surface area (Å²) in [4.78, 5) is 18.1. The summed E-state index contributed by atoms with van der Waals surface area (Å²) in [6.45, 7) is 1.65. The molecule has 6 heteroatoms. The van der Waals surface area contributed by atoms with Gasteiger partial charge >= 0.3 is 0 Å². The summed E-state index contributed by atoms with van der Waals surface area (Å²) in [5.41, 5.74) is 0.814. The Balaban J connectivity index is 1.53. The number of aromatic nitrogens is 1. The van der Waals surface area contributed by atoms with Gasteiger partial charge in [0.25, 0.3) is 5.91 Å². The van der Waals surface area contributed by atoms with Gasteiger partial charge in [-0.05, 0) is 12.0 Å². The molecule has 0 saturated carbocycles. The van der Waals surface area contributed by atoms with E-state index in [0.29, 0.717) is 25.6 Å². The minimum atomic E-state index is -0.453. The van der Waals surface area contributed by atoms with E-state index in [1.807, 2.05) is 18.2 Å². The molecule has 2 fully saturated rings. The van der Waals surface area contributed by atoms with Gasteiger partial charge in [0.1, 0.15) is 11.7 Å². The molecule has 0 bridgehead atoms. The number of likely N-dealkylation sites (tertiary alicyclic amines) is 1. The largest absolute Gasteiger partial charge is 0.438 e. The molecular formula is C18H20N2O4. The van der Waals surface area contributed by atoms with Gasteiger partial charge in [-0.3, -0.25) is 4.79 Å². The zero-order valence-electron chi connectivity index (χ0n) is 13.6. The van der Waals surface area contributed by atoms with E-state index in [-0.39, 0.29) is 17.8 Å². The first-order valence-corrected chi connectivity index (χ1v) is 8.11. The lowest BCUT2D eigenvalue weighted by atomic mass is 9.87. The fourth-order valence-corrected chi connectivity index (χ4v) is 3.85. The highest BCUT2D eigenvalue weighted by Crippen LogP contribution is 2.43. The van der Waals surface area contributed by atoms with Crippen molar-refractivity contribution in [1.82, 2.24) is 9.88 Å². The molecule has 3 atom stereocenters. The number of nitrogens with zero attached hydrogens (tertiary/aromatic N) is 2. The Morgan fingerprint density at radius 2 is 2.21 bits per heavy atom. The second kappa shape index (κ2) is 6.03. The van der Waals surface area contributed by atoms with Gasteiger partial charge in [-0.2, -0.15) is 0 Å². The van der Waals surface area contributed by atoms with E-state index < -0.39 is 5.60 Å². The number of rotatable bonds is 3. The van der Waals surface area contributed by atoms with Crippen LogP contribution in [-0.4, -0.2) is 54.3 Å². The third-order valence-electron chi connectivity index (χ3n) is 5.08. The highest BCUT2D eigenvalue weighted by Gasteiger charge is 2.54. The van der Waals surface area contributed by atoms with Crippen LogP contribution < -0.4 is 0 Å². The van der Waals surface area contributed by atoms with Gasteiger partial charge in [0.05, 0.1) is 25.9 Å². The number of hydrogen-bond acceptors (Lipinski definition) is 5. The van der Waals surface area contributed by atoms with Crippen LogP contribution in [0.25, 0.3) is 0 Å². The number of hydrogen-bond donors (Lipinski definition) is 0. The van der Waals surface area contributed by atoms with Gasteiger partial charge in [0, 0.05) is 13.0 Å². The van der Waals surface area contributed by atoms with Crippen LogP contribution in [0.1, 0.15) is 28.5 Å². The molecule has 2 saturated heterocycles. The van der Waals surface area contributed by atoms with Crippen LogP contribution in [0, 0.1) is 0 Å². The van der Waals surface area contributed by atoms with Crippen molar-refractivity contribution in [2.24, 2.45) is 0 Å². The van der Waals surface area contributed by atoms with Crippen LogP contribution in [0.5, 0.6) is 0 Å². The van der Waals surface area contributed by atoms with E-state index in [9.17, 15) is 4.79 Å². The molecule has 2 aliphatic rings. The molecule has 1 spiro atoms. The number of amides is 1. The molecule has 1 aromatic heterocycles. The van der Waals surface area contributed by atoms with Crippen molar-refractivity contribution in [1.29, 1.82) is 0 Å². The van der Waals surface area contributed by atoms with Crippen LogP contribution in [0.2, 0.25) is 0 Å². The quantitative estimate of drug-likeness (QED) is 0.863. The van der Waals surface area contributed by atoms with Gasteiger partial charge in [-0.15, -0.1) is 0 Å². The highest BCUT2D eigenvalue weighted by molar-refractivity contribution is 5.91. The summed E-state index contributed by atoms with van der Waals surface area (Å²) in [5, 5.41) is 0. The first-order chi connectivity index (χ1) is 11.7. The Kier molecular flexibility index (Phi) is 3.86. The van der Waals surface area contributed by atoms with E-state index >= 15 is 0 Å². The van der Waals surface area contributed by atoms with Gasteiger partial charge < -0.3 is 18.8 Å². The molecule has 6 nitrogen and oxygen atoms in total. The Bertz CT molecular complexity index is 703. The van der Waals surface area contributed by atoms with E-state index in [0.717, 1.165) is 6.42 Å². The molecule has 0 N–H and O–H groups in total. The van der Waals surface area contributed by atoms with Gasteiger partial charge in [-0.25, -0.2) is 4.98 Å². The number of ether oxygens (including phenoxy) is 2. The summed E-state index contributed by atoms with van der Waals surface area (Å²) in [6.07, 6.45) is 3.41. The maximum atomic E-state index is 12.5. The SMILES string of the molecule is CO[C@@H]1CN(C(=O)c2cnco2)C[C@]12C[C@H](c1ccccc1)CO2. The number of oxazole rings is 1. The predicted molar refractivity (Wildman–Crippen MR) is 85.7 cm³/mol. The summed E-state index contributed by atoms with van der Waals surface area (Å²) in [7, 11) is 1.67. The Hall–Kier alpha value is -2.18. The fourth-order valence-electron chi connectivity index (χ4n) is 3.85. The van der Waals surface area contributed by atoms with Crippen molar-refractivity contribution in [3.05, 3.63) is 54.2 Å². The van der Waals surface area contributed by atoms with Crippen molar-refractivity contribution < 1.29 is 18.7 Å². The lowest BCUT2D eigenvalue weighted by Gasteiger charge is -2.28. The predicted octanol–water partition coefficient (Wildman–Crippen LogP) is 2.09. The number of carbonyl (C=O) groups excluding carboxylic acids is 1. The Morgan fingerprint density at radius 1 is 1.38 bits per heavy atom. The summed E-state index contributed by atoms with van der Waals surface area (Å²) in [5.74, 6) is 0.405. The fraction of sp³-hybridized carbons (Fsp3) is 0.444. The number of methoxy groups -OCH3 is 1. The van der Waals surface area contributed by atoms with Crippen molar-refractivity contribution in [2.45, 2.75) is 24.0 Å². The lowest BCUT2D eigenvalue weighted by molar-refractivity contribution is -0.0755. The summed E-state index contributed by atoms with van der Waals surface area (Å²) >= 11 is 0. The zero-order chi connectivity index (χ0) is 16.6. The second-order valence-corrected chi connectivity index (χ2v) is 6.46. The molecule has 0 unspecified atom stereocenters. The molecule has 0 aliphatic carbocycles. The molecule has 2 aromatic rings. The standard InChI is InChI=1S/C18H20N2O4/c1-22-16-9-20(17(21)15-8-19-12-23-15)11-18(16)7-14(10-24-18)13-5-3-2-4-6-13/h2-6,8,12,14,16H,7,9-11H2,1H3/t14-,16+,18+/m0/s1. The van der Waals surface area contributed by atoms with Crippen LogP contribution in [0.15, 0.2) is 47.3 Å². The van der Waals surface area contributed by atoms with Crippen LogP contribution >= 0.6 is 0 Å². The smallest absolute Gasteiger partial charge is 0.291 e. The minimum absolute atomic E-state index is 0.141. The van der Waals surface area contributed by atoms with Gasteiger partial charge in [-0.1, -0.05) is 30.3 Å². The average molecular weight is 328 g/mol. The molecule has 4 rings (SSSR count).